The van der Waals surface area contributed by atoms with Gasteiger partial charge in [0.25, 0.3) is 0 Å². The molecule has 3 aliphatic rings. The highest BCUT2D eigenvalue weighted by Gasteiger charge is 2.57. The number of amides is 1. The fraction of sp³-hybridized carbons (Fsp3) is 0.700. The van der Waals surface area contributed by atoms with E-state index in [-0.39, 0.29) is 23.7 Å². The number of hydrogen-bond acceptors (Lipinski definition) is 2. The van der Waals surface area contributed by atoms with Gasteiger partial charge < -0.3 is 10.4 Å². The first kappa shape index (κ1) is 17.2. The van der Waals surface area contributed by atoms with Crippen molar-refractivity contribution in [2.24, 2.45) is 23.7 Å². The van der Waals surface area contributed by atoms with E-state index < -0.39 is 11.9 Å². The number of carboxylic acid groups (broad SMARTS) is 1. The van der Waals surface area contributed by atoms with Gasteiger partial charge in [0.1, 0.15) is 0 Å². The third kappa shape index (κ3) is 3.15. The Labute approximate surface area is 144 Å². The Bertz CT molecular complexity index is 586. The second-order valence-electron chi connectivity index (χ2n) is 7.78. The van der Waals surface area contributed by atoms with E-state index in [1.165, 1.54) is 29.6 Å². The number of rotatable bonds is 5. The summed E-state index contributed by atoms with van der Waals surface area (Å²) in [7, 11) is 0. The molecule has 0 aromatic heterocycles. The van der Waals surface area contributed by atoms with Crippen molar-refractivity contribution < 1.29 is 14.7 Å². The zero-order valence-electron chi connectivity index (χ0n) is 14.8. The molecule has 0 aromatic rings. The van der Waals surface area contributed by atoms with Gasteiger partial charge in [0.05, 0.1) is 11.8 Å². The highest BCUT2D eigenvalue weighted by Crippen LogP contribution is 2.57. The van der Waals surface area contributed by atoms with Gasteiger partial charge in [0, 0.05) is 6.54 Å². The lowest BCUT2D eigenvalue weighted by Gasteiger charge is -2.26. The Morgan fingerprint density at radius 2 is 1.88 bits per heavy atom. The second-order valence-corrected chi connectivity index (χ2v) is 7.78. The lowest BCUT2D eigenvalue weighted by molar-refractivity contribution is -0.149. The average molecular weight is 331 g/mol. The van der Waals surface area contributed by atoms with Crippen molar-refractivity contribution in [1.29, 1.82) is 0 Å². The normalized spacial score (nSPS) is 31.8. The van der Waals surface area contributed by atoms with E-state index in [2.05, 4.69) is 25.2 Å². The molecule has 4 atom stereocenters. The Kier molecular flexibility index (Phi) is 5.12. The summed E-state index contributed by atoms with van der Waals surface area (Å²) in [4.78, 5) is 24.5. The van der Waals surface area contributed by atoms with Crippen LogP contribution in [-0.4, -0.2) is 23.5 Å². The molecular weight excluding hydrogens is 302 g/mol. The van der Waals surface area contributed by atoms with E-state index in [0.717, 1.165) is 32.1 Å². The number of carboxylic acids is 1. The van der Waals surface area contributed by atoms with Crippen LogP contribution in [0.4, 0.5) is 0 Å². The van der Waals surface area contributed by atoms with Crippen LogP contribution in [0.15, 0.2) is 22.8 Å². The average Bonchev–Trinajstić information content (AvgIpc) is 3.11. The Morgan fingerprint density at radius 3 is 2.46 bits per heavy atom. The molecule has 1 amide bonds. The van der Waals surface area contributed by atoms with E-state index in [9.17, 15) is 14.7 Å². The third-order valence-electron chi connectivity index (χ3n) is 6.14. The van der Waals surface area contributed by atoms with Crippen molar-refractivity contribution in [2.75, 3.05) is 6.54 Å². The Morgan fingerprint density at radius 1 is 1.17 bits per heavy atom. The van der Waals surface area contributed by atoms with Crippen LogP contribution >= 0.6 is 0 Å². The smallest absolute Gasteiger partial charge is 0.307 e. The maximum absolute atomic E-state index is 12.7. The molecular formula is C20H29NO3. The molecule has 0 unspecified atom stereocenters. The van der Waals surface area contributed by atoms with Crippen molar-refractivity contribution in [3.8, 4) is 0 Å². The summed E-state index contributed by atoms with van der Waals surface area (Å²) in [5.74, 6) is -1.58. The molecule has 3 aliphatic carbocycles. The minimum absolute atomic E-state index is 0.0511. The lowest BCUT2D eigenvalue weighted by Crippen LogP contribution is -2.41. The molecule has 3 rings (SSSR count). The first-order chi connectivity index (χ1) is 11.5. The Balaban J connectivity index is 1.66. The van der Waals surface area contributed by atoms with Crippen LogP contribution in [0.25, 0.3) is 0 Å². The van der Waals surface area contributed by atoms with Crippen LogP contribution in [0.5, 0.6) is 0 Å². The maximum atomic E-state index is 12.7. The largest absolute Gasteiger partial charge is 0.481 e. The van der Waals surface area contributed by atoms with E-state index in [1.54, 1.807) is 0 Å². The van der Waals surface area contributed by atoms with Crippen molar-refractivity contribution in [3.05, 3.63) is 22.8 Å². The quantitative estimate of drug-likeness (QED) is 0.755. The van der Waals surface area contributed by atoms with Crippen molar-refractivity contribution >= 4 is 11.9 Å². The summed E-state index contributed by atoms with van der Waals surface area (Å²) in [6.45, 7) is 4.74. The van der Waals surface area contributed by atoms with Crippen LogP contribution in [0.1, 0.15) is 58.8 Å². The molecule has 0 spiro atoms. The molecule has 2 N–H and O–H groups in total. The summed E-state index contributed by atoms with van der Waals surface area (Å²) >= 11 is 0. The molecule has 0 radical (unpaired) electrons. The van der Waals surface area contributed by atoms with Crippen molar-refractivity contribution in [2.45, 2.75) is 58.8 Å². The molecule has 2 saturated carbocycles. The molecule has 0 aromatic carbocycles. The summed E-state index contributed by atoms with van der Waals surface area (Å²) in [6.07, 6.45) is 9.89. The predicted octanol–water partition coefficient (Wildman–Crippen LogP) is 3.69. The van der Waals surface area contributed by atoms with E-state index in [1.807, 2.05) is 0 Å². The number of carbonyl (C=O) groups is 2. The highest BCUT2D eigenvalue weighted by molar-refractivity contribution is 5.87. The fourth-order valence-corrected chi connectivity index (χ4v) is 5.20. The van der Waals surface area contributed by atoms with Gasteiger partial charge in [-0.2, -0.15) is 0 Å². The Hall–Kier alpha value is -1.58. The summed E-state index contributed by atoms with van der Waals surface area (Å²) in [5.41, 5.74) is 3.89. The predicted molar refractivity (Wildman–Crippen MR) is 93.4 cm³/mol. The molecule has 0 saturated heterocycles. The highest BCUT2D eigenvalue weighted by atomic mass is 16.4. The zero-order valence-corrected chi connectivity index (χ0v) is 14.8. The number of allylic oxidation sites excluding steroid dienone is 3. The number of carbonyl (C=O) groups excluding carboxylic acids is 1. The first-order valence-corrected chi connectivity index (χ1v) is 9.36. The zero-order chi connectivity index (χ0) is 17.3. The number of aliphatic carboxylic acids is 1. The lowest BCUT2D eigenvalue weighted by atomic mass is 9.78. The van der Waals surface area contributed by atoms with Crippen molar-refractivity contribution in [3.63, 3.8) is 0 Å². The number of hydrogen-bond donors (Lipinski definition) is 2. The van der Waals surface area contributed by atoms with Crippen LogP contribution in [0.3, 0.4) is 0 Å². The van der Waals surface area contributed by atoms with E-state index in [0.29, 0.717) is 6.54 Å². The molecule has 4 nitrogen and oxygen atoms in total. The number of fused-ring (bicyclic) bond motifs is 2. The third-order valence-corrected chi connectivity index (χ3v) is 6.14. The monoisotopic (exact) mass is 331 g/mol. The van der Waals surface area contributed by atoms with Gasteiger partial charge in [-0.15, -0.1) is 0 Å². The molecule has 0 heterocycles. The summed E-state index contributed by atoms with van der Waals surface area (Å²) in [5, 5.41) is 12.7. The van der Waals surface area contributed by atoms with Gasteiger partial charge in [-0.05, 0) is 70.6 Å². The molecule has 24 heavy (non-hydrogen) atoms. The first-order valence-electron chi connectivity index (χ1n) is 9.36. The van der Waals surface area contributed by atoms with Gasteiger partial charge in [-0.25, -0.2) is 0 Å². The summed E-state index contributed by atoms with van der Waals surface area (Å²) in [6, 6.07) is 0. The van der Waals surface area contributed by atoms with Gasteiger partial charge >= 0.3 is 5.97 Å². The second kappa shape index (κ2) is 7.12. The molecule has 4 heteroatoms. The SMILES string of the molecule is CC(C)=C1[C@H]2CC[C@@H]1[C@@H](C(=O)NCCC1=CCCCC1)[C@@H]2C(=O)O. The van der Waals surface area contributed by atoms with Crippen LogP contribution in [0.2, 0.25) is 0 Å². The van der Waals surface area contributed by atoms with Gasteiger partial charge in [-0.1, -0.05) is 22.8 Å². The molecule has 2 fully saturated rings. The maximum Gasteiger partial charge on any atom is 0.307 e. The van der Waals surface area contributed by atoms with E-state index >= 15 is 0 Å². The standard InChI is InChI=1S/C20H29NO3/c1-12(2)16-14-8-9-15(16)18(20(23)24)17(14)19(22)21-11-10-13-6-4-3-5-7-13/h6,14-15,17-18H,3-5,7-11H2,1-2H3,(H,21,22)(H,23,24)/t14-,15+,17+,18+/m0/s1. The van der Waals surface area contributed by atoms with Gasteiger partial charge in [-0.3, -0.25) is 9.59 Å². The fourth-order valence-electron chi connectivity index (χ4n) is 5.20. The summed E-state index contributed by atoms with van der Waals surface area (Å²) < 4.78 is 0. The topological polar surface area (TPSA) is 66.4 Å². The molecule has 2 bridgehead atoms. The van der Waals surface area contributed by atoms with Gasteiger partial charge in [0.15, 0.2) is 0 Å². The minimum Gasteiger partial charge on any atom is -0.481 e. The van der Waals surface area contributed by atoms with Crippen molar-refractivity contribution in [1.82, 2.24) is 5.32 Å². The minimum atomic E-state index is -0.809. The number of nitrogens with one attached hydrogen (secondary N) is 1. The van der Waals surface area contributed by atoms with Crippen LogP contribution in [0, 0.1) is 23.7 Å². The van der Waals surface area contributed by atoms with Gasteiger partial charge in [0.2, 0.25) is 5.91 Å². The van der Waals surface area contributed by atoms with E-state index in [4.69, 9.17) is 0 Å². The van der Waals surface area contributed by atoms with Crippen LogP contribution < -0.4 is 5.32 Å². The van der Waals surface area contributed by atoms with Crippen LogP contribution in [-0.2, 0) is 9.59 Å². The molecule has 132 valence electrons. The molecule has 0 aliphatic heterocycles.